The van der Waals surface area contributed by atoms with Crippen molar-refractivity contribution < 1.29 is 28.4 Å². The van der Waals surface area contributed by atoms with Gasteiger partial charge in [-0.1, -0.05) is 4.98 Å². The van der Waals surface area contributed by atoms with Crippen LogP contribution in [0.2, 0.25) is 0 Å². The Balaban J connectivity index is 1.73. The largest absolute Gasteiger partial charge is 0.472 e. The Morgan fingerprint density at radius 1 is 1.38 bits per heavy atom. The molecule has 10 nitrogen and oxygen atoms in total. The van der Waals surface area contributed by atoms with Crippen LogP contribution in [0.5, 0.6) is 5.88 Å². The molecule has 5 N–H and O–H groups in total. The number of H-pyrrole nitrogens is 1. The van der Waals surface area contributed by atoms with Crippen molar-refractivity contribution in [2.45, 2.75) is 38.3 Å². The zero-order chi connectivity index (χ0) is 17.2. The van der Waals surface area contributed by atoms with E-state index in [1.807, 2.05) is 0 Å². The first-order valence-corrected chi connectivity index (χ1v) is 9.55. The zero-order valence-corrected chi connectivity index (χ0v) is 14.0. The molecule has 0 aromatic carbocycles. The number of nitrogen functional groups attached to an aromatic ring is 1. The van der Waals surface area contributed by atoms with Crippen LogP contribution in [0, 0.1) is 0 Å². The Morgan fingerprint density at radius 3 is 2.83 bits per heavy atom. The van der Waals surface area contributed by atoms with Crippen LogP contribution < -0.4 is 15.0 Å². The SMILES string of the molecule is Nc1nc(OC2CCCC2)c2[nH]c[n+](CCOCP(=O)(O)O)c2n1. The molecule has 1 fully saturated rings. The lowest BCUT2D eigenvalue weighted by Gasteiger charge is -2.11. The maximum atomic E-state index is 10.8. The van der Waals surface area contributed by atoms with Crippen LogP contribution in [0.4, 0.5) is 5.95 Å². The van der Waals surface area contributed by atoms with Gasteiger partial charge in [-0.2, -0.15) is 4.98 Å². The molecule has 0 radical (unpaired) electrons. The Labute approximate surface area is 138 Å². The number of aromatic nitrogens is 4. The second kappa shape index (κ2) is 7.02. The van der Waals surface area contributed by atoms with Crippen molar-refractivity contribution in [3.05, 3.63) is 6.33 Å². The molecule has 0 spiro atoms. The number of fused-ring (bicyclic) bond motifs is 1. The highest BCUT2D eigenvalue weighted by Gasteiger charge is 2.24. The third kappa shape index (κ3) is 4.21. The van der Waals surface area contributed by atoms with E-state index in [0.717, 1.165) is 25.7 Å². The highest BCUT2D eigenvalue weighted by atomic mass is 31.2. The molecule has 24 heavy (non-hydrogen) atoms. The Bertz CT molecular complexity index is 755. The molecule has 11 heteroatoms. The Morgan fingerprint density at radius 2 is 2.12 bits per heavy atom. The summed E-state index contributed by atoms with van der Waals surface area (Å²) in [7, 11) is -4.16. The first-order valence-electron chi connectivity index (χ1n) is 7.75. The van der Waals surface area contributed by atoms with Gasteiger partial charge < -0.3 is 25.0 Å². The summed E-state index contributed by atoms with van der Waals surface area (Å²) < 4.78 is 23.4. The summed E-state index contributed by atoms with van der Waals surface area (Å²) in [5.41, 5.74) is 6.98. The van der Waals surface area contributed by atoms with E-state index in [1.54, 1.807) is 10.9 Å². The van der Waals surface area contributed by atoms with E-state index in [9.17, 15) is 4.57 Å². The molecule has 0 unspecified atom stereocenters. The normalized spacial score (nSPS) is 16.1. The van der Waals surface area contributed by atoms with Gasteiger partial charge in [-0.15, -0.1) is 0 Å². The molecule has 0 aliphatic heterocycles. The molecule has 0 saturated heterocycles. The predicted molar refractivity (Wildman–Crippen MR) is 84.2 cm³/mol. The number of nitrogens with two attached hydrogens (primary N) is 1. The van der Waals surface area contributed by atoms with Gasteiger partial charge in [-0.3, -0.25) is 9.55 Å². The third-order valence-corrected chi connectivity index (χ3v) is 4.35. The molecule has 3 rings (SSSR count). The van der Waals surface area contributed by atoms with E-state index < -0.39 is 13.9 Å². The predicted octanol–water partition coefficient (Wildman–Crippen LogP) is 0.301. The summed E-state index contributed by atoms with van der Waals surface area (Å²) in [6.07, 6.45) is 5.52. The number of imidazole rings is 1. The number of nitrogens with one attached hydrogen (secondary N) is 1. The third-order valence-electron chi connectivity index (χ3n) is 3.83. The topological polar surface area (TPSA) is 147 Å². The minimum absolute atomic E-state index is 0.111. The fraction of sp³-hybridized carbons (Fsp3) is 0.615. The Kier molecular flexibility index (Phi) is 5.00. The number of nitrogens with zero attached hydrogens (tertiary/aromatic N) is 3. The average molecular weight is 358 g/mol. The van der Waals surface area contributed by atoms with Crippen LogP contribution in [0.25, 0.3) is 11.2 Å². The standard InChI is InChI=1S/C13H20N5O5P/c14-13-16-11-10(12(17-13)23-9-3-1-2-4-9)15-7-18(11)5-6-22-8-24(19,20)21/h7,9H,1-6,8H2,(H4,14,16,17,19,20,21)/p+1. The second-order valence-corrected chi connectivity index (χ2v) is 7.37. The van der Waals surface area contributed by atoms with Crippen LogP contribution in [0.1, 0.15) is 25.7 Å². The van der Waals surface area contributed by atoms with E-state index >= 15 is 0 Å². The van der Waals surface area contributed by atoms with Crippen LogP contribution in [0.15, 0.2) is 6.33 Å². The van der Waals surface area contributed by atoms with Crippen molar-refractivity contribution in [3.8, 4) is 5.88 Å². The monoisotopic (exact) mass is 358 g/mol. The average Bonchev–Trinajstić information content (AvgIpc) is 3.12. The van der Waals surface area contributed by atoms with Crippen LogP contribution in [0.3, 0.4) is 0 Å². The Hall–Kier alpha value is -1.74. The molecular formula is C13H21N5O5P+. The van der Waals surface area contributed by atoms with Crippen LogP contribution in [-0.2, 0) is 15.8 Å². The van der Waals surface area contributed by atoms with Gasteiger partial charge in [0, 0.05) is 0 Å². The molecular weight excluding hydrogens is 337 g/mol. The van der Waals surface area contributed by atoms with Gasteiger partial charge in [0.05, 0.1) is 13.2 Å². The minimum atomic E-state index is -4.16. The van der Waals surface area contributed by atoms with Crippen molar-refractivity contribution in [1.82, 2.24) is 15.0 Å². The number of rotatable bonds is 7. The smallest absolute Gasteiger partial charge is 0.350 e. The lowest BCUT2D eigenvalue weighted by molar-refractivity contribution is -0.674. The highest BCUT2D eigenvalue weighted by molar-refractivity contribution is 7.51. The van der Waals surface area contributed by atoms with Crippen molar-refractivity contribution in [2.75, 3.05) is 18.7 Å². The van der Waals surface area contributed by atoms with Gasteiger partial charge >= 0.3 is 19.2 Å². The lowest BCUT2D eigenvalue weighted by atomic mass is 10.3. The molecule has 0 amide bonds. The summed E-state index contributed by atoms with van der Waals surface area (Å²) in [6.45, 7) is 0.491. The summed E-state index contributed by atoms with van der Waals surface area (Å²) in [5.74, 6) is 0.541. The van der Waals surface area contributed by atoms with Crippen molar-refractivity contribution in [3.63, 3.8) is 0 Å². The van der Waals surface area contributed by atoms with Gasteiger partial charge in [0.1, 0.15) is 12.5 Å². The quantitative estimate of drug-likeness (QED) is 0.314. The molecule has 0 bridgehead atoms. The van der Waals surface area contributed by atoms with Gasteiger partial charge in [-0.05, 0) is 25.7 Å². The van der Waals surface area contributed by atoms with E-state index in [4.69, 9.17) is 25.0 Å². The summed E-state index contributed by atoms with van der Waals surface area (Å²) >= 11 is 0. The molecule has 2 aromatic rings. The van der Waals surface area contributed by atoms with Crippen LogP contribution in [-0.4, -0.2) is 43.8 Å². The summed E-state index contributed by atoms with van der Waals surface area (Å²) in [5, 5.41) is 0. The first kappa shape index (κ1) is 17.1. The summed E-state index contributed by atoms with van der Waals surface area (Å²) in [6, 6.07) is 0. The maximum absolute atomic E-state index is 10.8. The van der Waals surface area contributed by atoms with Gasteiger partial charge in [0.15, 0.2) is 6.33 Å². The lowest BCUT2D eigenvalue weighted by Crippen LogP contribution is -2.35. The van der Waals surface area contributed by atoms with E-state index in [1.165, 1.54) is 0 Å². The molecule has 2 heterocycles. The van der Waals surface area contributed by atoms with Gasteiger partial charge in [0.25, 0.3) is 5.88 Å². The number of hydrogen-bond donors (Lipinski definition) is 4. The molecule has 132 valence electrons. The fourth-order valence-corrected chi connectivity index (χ4v) is 3.12. The first-order chi connectivity index (χ1) is 11.4. The van der Waals surface area contributed by atoms with E-state index in [2.05, 4.69) is 15.0 Å². The number of ether oxygens (including phenoxy) is 2. The zero-order valence-electron chi connectivity index (χ0n) is 13.1. The molecule has 2 aromatic heterocycles. The molecule has 0 atom stereocenters. The minimum Gasteiger partial charge on any atom is -0.472 e. The molecule has 1 aliphatic carbocycles. The van der Waals surface area contributed by atoms with Crippen molar-refractivity contribution in [1.29, 1.82) is 0 Å². The fourth-order valence-electron chi connectivity index (χ4n) is 2.75. The van der Waals surface area contributed by atoms with E-state index in [-0.39, 0.29) is 18.7 Å². The van der Waals surface area contributed by atoms with Gasteiger partial charge in [0.2, 0.25) is 5.52 Å². The molecule has 1 saturated carbocycles. The second-order valence-electron chi connectivity index (χ2n) is 5.78. The maximum Gasteiger partial charge on any atom is 0.350 e. The van der Waals surface area contributed by atoms with Crippen molar-refractivity contribution in [2.24, 2.45) is 0 Å². The summed E-state index contributed by atoms with van der Waals surface area (Å²) in [4.78, 5) is 29.0. The number of aromatic amines is 1. The number of anilines is 1. The number of hydrogen-bond acceptors (Lipinski definition) is 6. The molecule has 1 aliphatic rings. The van der Waals surface area contributed by atoms with Crippen molar-refractivity contribution >= 4 is 24.7 Å². The highest BCUT2D eigenvalue weighted by Crippen LogP contribution is 2.33. The van der Waals surface area contributed by atoms with Gasteiger partial charge in [-0.25, -0.2) is 4.57 Å². The van der Waals surface area contributed by atoms with E-state index in [0.29, 0.717) is 23.6 Å². The van der Waals surface area contributed by atoms with Crippen LogP contribution >= 0.6 is 7.60 Å².